The van der Waals surface area contributed by atoms with Crippen molar-refractivity contribution in [3.63, 3.8) is 0 Å². The second kappa shape index (κ2) is 3.21. The molecule has 3 rings (SSSR count). The molecule has 2 heterocycles. The van der Waals surface area contributed by atoms with Crippen LogP contribution in [-0.2, 0) is 0 Å². The van der Waals surface area contributed by atoms with Crippen LogP contribution in [0.2, 0.25) is 0 Å². The Morgan fingerprint density at radius 3 is 3.00 bits per heavy atom. The highest BCUT2D eigenvalue weighted by atomic mass is 32.1. The molecule has 2 atom stereocenters. The summed E-state index contributed by atoms with van der Waals surface area (Å²) < 4.78 is 0. The van der Waals surface area contributed by atoms with Crippen LogP contribution < -0.4 is 5.32 Å². The summed E-state index contributed by atoms with van der Waals surface area (Å²) in [6.45, 7) is 4.63. The van der Waals surface area contributed by atoms with Crippen LogP contribution in [0, 0.1) is 18.8 Å². The highest BCUT2D eigenvalue weighted by Crippen LogP contribution is 2.39. The van der Waals surface area contributed by atoms with Crippen LogP contribution >= 0.6 is 11.3 Å². The number of hydrogen-bond acceptors (Lipinski definition) is 2. The molecule has 2 unspecified atom stereocenters. The molecule has 1 aliphatic heterocycles. The molecule has 1 N–H and O–H groups in total. The number of rotatable bonds is 1. The van der Waals surface area contributed by atoms with E-state index in [4.69, 9.17) is 0 Å². The molecule has 1 aromatic rings. The Bertz CT molecular complexity index is 377. The number of fused-ring (bicyclic) bond motifs is 1. The minimum atomic E-state index is 0.810. The topological polar surface area (TPSA) is 12.0 Å². The van der Waals surface area contributed by atoms with Crippen molar-refractivity contribution in [3.8, 4) is 0 Å². The molecule has 1 saturated heterocycles. The van der Waals surface area contributed by atoms with Crippen molar-refractivity contribution < 1.29 is 0 Å². The molecule has 0 spiro atoms. The molecule has 74 valence electrons. The van der Waals surface area contributed by atoms with E-state index in [0.717, 1.165) is 11.8 Å². The van der Waals surface area contributed by atoms with Crippen LogP contribution in [0.3, 0.4) is 0 Å². The van der Waals surface area contributed by atoms with Crippen molar-refractivity contribution in [3.05, 3.63) is 28.0 Å². The molecule has 0 saturated carbocycles. The maximum atomic E-state index is 3.46. The third-order valence-electron chi connectivity index (χ3n) is 3.49. The number of allylic oxidation sites excluding steroid dienone is 1. The second-order valence-electron chi connectivity index (χ2n) is 4.45. The molecule has 0 radical (unpaired) electrons. The van der Waals surface area contributed by atoms with E-state index in [-0.39, 0.29) is 0 Å². The van der Waals surface area contributed by atoms with Crippen molar-refractivity contribution in [2.24, 2.45) is 11.8 Å². The van der Waals surface area contributed by atoms with E-state index < -0.39 is 0 Å². The smallest absolute Gasteiger partial charge is 0.00178 e. The van der Waals surface area contributed by atoms with Gasteiger partial charge in [0.2, 0.25) is 0 Å². The first-order valence-electron chi connectivity index (χ1n) is 5.29. The lowest BCUT2D eigenvalue weighted by molar-refractivity contribution is 0.536. The van der Waals surface area contributed by atoms with E-state index in [1.54, 1.807) is 5.57 Å². The summed E-state index contributed by atoms with van der Waals surface area (Å²) in [5.41, 5.74) is 4.55. The van der Waals surface area contributed by atoms with Gasteiger partial charge in [-0.15, -0.1) is 0 Å². The van der Waals surface area contributed by atoms with E-state index >= 15 is 0 Å². The summed E-state index contributed by atoms with van der Waals surface area (Å²) in [6.07, 6.45) is 3.79. The molecule has 1 aliphatic carbocycles. The number of hydrogen-bond donors (Lipinski definition) is 1. The van der Waals surface area contributed by atoms with Crippen molar-refractivity contribution in [2.75, 3.05) is 13.1 Å². The molecule has 1 fully saturated rings. The molecule has 2 heteroatoms. The van der Waals surface area contributed by atoms with Gasteiger partial charge in [-0.2, -0.15) is 11.3 Å². The average Bonchev–Trinajstić information content (AvgIpc) is 2.75. The summed E-state index contributed by atoms with van der Waals surface area (Å²) in [5.74, 6) is 1.69. The van der Waals surface area contributed by atoms with Gasteiger partial charge in [-0.3, -0.25) is 0 Å². The molecule has 0 bridgehead atoms. The predicted octanol–water partition coefficient (Wildman–Crippen LogP) is 2.68. The van der Waals surface area contributed by atoms with E-state index in [0.29, 0.717) is 0 Å². The van der Waals surface area contributed by atoms with Crippen LogP contribution in [0.4, 0.5) is 0 Å². The Balaban J connectivity index is 1.91. The maximum absolute atomic E-state index is 3.46. The second-order valence-corrected chi connectivity index (χ2v) is 5.19. The number of thiophene rings is 1. The molecule has 2 aliphatic rings. The monoisotopic (exact) mass is 205 g/mol. The first kappa shape index (κ1) is 8.69. The van der Waals surface area contributed by atoms with E-state index in [2.05, 4.69) is 29.1 Å². The zero-order chi connectivity index (χ0) is 9.54. The summed E-state index contributed by atoms with van der Waals surface area (Å²) in [4.78, 5) is 0. The summed E-state index contributed by atoms with van der Waals surface area (Å²) in [6, 6.07) is 0. The van der Waals surface area contributed by atoms with Crippen molar-refractivity contribution in [1.82, 2.24) is 5.32 Å². The van der Waals surface area contributed by atoms with Crippen LogP contribution in [0.15, 0.2) is 16.8 Å². The standard InChI is InChI=1S/C12H15NS/c1-8-6-14-7-12(8)9-2-10-4-13-5-11(10)3-9/h2,6-7,10-11,13H,3-5H2,1H3. The molecule has 0 amide bonds. The van der Waals surface area contributed by atoms with Gasteiger partial charge in [-0.05, 0) is 59.2 Å². The van der Waals surface area contributed by atoms with Crippen LogP contribution in [0.1, 0.15) is 17.5 Å². The SMILES string of the molecule is Cc1cscc1C1=CC2CNCC2C1. The fourth-order valence-electron chi connectivity index (χ4n) is 2.67. The number of nitrogens with one attached hydrogen (secondary N) is 1. The zero-order valence-electron chi connectivity index (χ0n) is 8.42. The lowest BCUT2D eigenvalue weighted by atomic mass is 9.98. The van der Waals surface area contributed by atoms with Crippen molar-refractivity contribution in [2.45, 2.75) is 13.3 Å². The van der Waals surface area contributed by atoms with Crippen molar-refractivity contribution in [1.29, 1.82) is 0 Å². The zero-order valence-corrected chi connectivity index (χ0v) is 9.23. The molecular formula is C12H15NS. The molecule has 1 aromatic heterocycles. The molecule has 1 nitrogen and oxygen atoms in total. The van der Waals surface area contributed by atoms with Crippen LogP contribution in [0.5, 0.6) is 0 Å². The normalized spacial score (nSPS) is 30.5. The third-order valence-corrected chi connectivity index (χ3v) is 4.35. The highest BCUT2D eigenvalue weighted by Gasteiger charge is 2.32. The minimum absolute atomic E-state index is 0.810. The molecular weight excluding hydrogens is 190 g/mol. The summed E-state index contributed by atoms with van der Waals surface area (Å²) in [7, 11) is 0. The lowest BCUT2D eigenvalue weighted by Crippen LogP contribution is -2.09. The van der Waals surface area contributed by atoms with Crippen LogP contribution in [-0.4, -0.2) is 13.1 Å². The molecule has 0 aromatic carbocycles. The summed E-state index contributed by atoms with van der Waals surface area (Å²) >= 11 is 1.82. The fourth-order valence-corrected chi connectivity index (χ4v) is 3.54. The Morgan fingerprint density at radius 2 is 2.29 bits per heavy atom. The largest absolute Gasteiger partial charge is 0.316 e. The Hall–Kier alpha value is -0.600. The summed E-state index contributed by atoms with van der Waals surface area (Å²) in [5, 5.41) is 8.02. The van der Waals surface area contributed by atoms with Gasteiger partial charge in [-0.1, -0.05) is 6.08 Å². The van der Waals surface area contributed by atoms with Gasteiger partial charge < -0.3 is 5.32 Å². The minimum Gasteiger partial charge on any atom is -0.316 e. The highest BCUT2D eigenvalue weighted by molar-refractivity contribution is 7.08. The van der Waals surface area contributed by atoms with Gasteiger partial charge in [0.25, 0.3) is 0 Å². The van der Waals surface area contributed by atoms with Gasteiger partial charge >= 0.3 is 0 Å². The third kappa shape index (κ3) is 1.25. The van der Waals surface area contributed by atoms with E-state index in [1.165, 1.54) is 30.6 Å². The van der Waals surface area contributed by atoms with Gasteiger partial charge in [0.05, 0.1) is 0 Å². The van der Waals surface area contributed by atoms with Crippen LogP contribution in [0.25, 0.3) is 5.57 Å². The Labute approximate surface area is 88.8 Å². The van der Waals surface area contributed by atoms with Gasteiger partial charge in [-0.25, -0.2) is 0 Å². The maximum Gasteiger partial charge on any atom is 0.00178 e. The number of aryl methyl sites for hydroxylation is 1. The van der Waals surface area contributed by atoms with Gasteiger partial charge in [0.1, 0.15) is 0 Å². The fraction of sp³-hybridized carbons (Fsp3) is 0.500. The van der Waals surface area contributed by atoms with E-state index in [9.17, 15) is 0 Å². The Morgan fingerprint density at radius 1 is 1.36 bits per heavy atom. The Kier molecular flexibility index (Phi) is 1.99. The first-order chi connectivity index (χ1) is 6.84. The first-order valence-corrected chi connectivity index (χ1v) is 6.23. The van der Waals surface area contributed by atoms with Gasteiger partial charge in [0, 0.05) is 6.54 Å². The molecule has 14 heavy (non-hydrogen) atoms. The van der Waals surface area contributed by atoms with E-state index in [1.807, 2.05) is 11.3 Å². The average molecular weight is 205 g/mol. The quantitative estimate of drug-likeness (QED) is 0.743. The lowest BCUT2D eigenvalue weighted by Gasteiger charge is -2.05. The predicted molar refractivity (Wildman–Crippen MR) is 61.5 cm³/mol. The van der Waals surface area contributed by atoms with Gasteiger partial charge in [0.15, 0.2) is 0 Å². The van der Waals surface area contributed by atoms with Crippen molar-refractivity contribution >= 4 is 16.9 Å².